The molecule has 0 aromatic carbocycles. The highest BCUT2D eigenvalue weighted by atomic mass is 16.5. The fraction of sp³-hybridized carbons (Fsp3) is 0.700. The van der Waals surface area contributed by atoms with Crippen LogP contribution in [0.4, 0.5) is 5.69 Å². The van der Waals surface area contributed by atoms with E-state index in [2.05, 4.69) is 29.0 Å². The van der Waals surface area contributed by atoms with Crippen LogP contribution >= 0.6 is 0 Å². The molecule has 6 heteroatoms. The Morgan fingerprint density at radius 1 is 1.35 bits per heavy atom. The first-order valence-corrected chi connectivity index (χ1v) is 9.87. The van der Waals surface area contributed by atoms with E-state index in [1.54, 1.807) is 6.07 Å². The topological polar surface area (TPSA) is 74.7 Å². The third-order valence-corrected chi connectivity index (χ3v) is 4.98. The van der Waals surface area contributed by atoms with Crippen molar-refractivity contribution in [3.05, 3.63) is 17.8 Å². The number of anilines is 1. The van der Waals surface area contributed by atoms with Gasteiger partial charge in [-0.05, 0) is 56.1 Å². The summed E-state index contributed by atoms with van der Waals surface area (Å²) in [5.74, 6) is 1.34. The van der Waals surface area contributed by atoms with E-state index in [-0.39, 0.29) is 18.6 Å². The highest BCUT2D eigenvalue weighted by molar-refractivity contribution is 5.93. The highest BCUT2D eigenvalue weighted by Gasteiger charge is 2.25. The first-order chi connectivity index (χ1) is 12.6. The van der Waals surface area contributed by atoms with E-state index in [0.29, 0.717) is 30.0 Å². The first kappa shape index (κ1) is 19.0. The largest absolute Gasteiger partial charge is 0.476 e. The maximum atomic E-state index is 12.6. The van der Waals surface area contributed by atoms with E-state index >= 15 is 0 Å². The van der Waals surface area contributed by atoms with Gasteiger partial charge in [0.2, 0.25) is 5.88 Å². The van der Waals surface area contributed by atoms with Gasteiger partial charge in [-0.1, -0.05) is 13.8 Å². The Labute approximate surface area is 155 Å². The number of aliphatic hydroxyl groups is 1. The molecule has 2 fully saturated rings. The Balaban J connectivity index is 1.73. The van der Waals surface area contributed by atoms with Crippen molar-refractivity contribution >= 4 is 11.6 Å². The molecule has 1 aromatic rings. The van der Waals surface area contributed by atoms with Gasteiger partial charge in [0, 0.05) is 13.1 Å². The lowest BCUT2D eigenvalue weighted by molar-refractivity contribution is 0.0902. The molecular formula is C20H31N3O3. The zero-order valence-electron chi connectivity index (χ0n) is 15.9. The van der Waals surface area contributed by atoms with Crippen LogP contribution in [0.1, 0.15) is 56.4 Å². The second kappa shape index (κ2) is 8.71. The highest BCUT2D eigenvalue weighted by Crippen LogP contribution is 2.33. The van der Waals surface area contributed by atoms with Gasteiger partial charge in [0.1, 0.15) is 5.69 Å². The second-order valence-corrected chi connectivity index (χ2v) is 7.95. The normalized spacial score (nSPS) is 18.2. The van der Waals surface area contributed by atoms with Crippen LogP contribution in [-0.4, -0.2) is 48.3 Å². The van der Waals surface area contributed by atoms with E-state index in [1.165, 1.54) is 25.7 Å². The van der Waals surface area contributed by atoms with Gasteiger partial charge >= 0.3 is 0 Å². The second-order valence-electron chi connectivity index (χ2n) is 7.95. The average Bonchev–Trinajstić information content (AvgIpc) is 3.30. The number of rotatable bonds is 9. The molecule has 1 atom stereocenters. The molecule has 2 N–H and O–H groups in total. The Morgan fingerprint density at radius 3 is 2.69 bits per heavy atom. The lowest BCUT2D eigenvalue weighted by atomic mass is 10.0. The number of carbonyl (C=O) groups excluding carboxylic acids is 1. The minimum absolute atomic E-state index is 0.0686. The van der Waals surface area contributed by atoms with Crippen LogP contribution < -0.4 is 15.0 Å². The van der Waals surface area contributed by atoms with Gasteiger partial charge in [0.25, 0.3) is 5.91 Å². The minimum atomic E-state index is -0.256. The van der Waals surface area contributed by atoms with E-state index in [9.17, 15) is 9.90 Å². The quantitative estimate of drug-likeness (QED) is 0.707. The van der Waals surface area contributed by atoms with Crippen LogP contribution in [0.3, 0.4) is 0 Å². The van der Waals surface area contributed by atoms with Crippen LogP contribution in [0.5, 0.6) is 5.88 Å². The van der Waals surface area contributed by atoms with Crippen molar-refractivity contribution in [3.8, 4) is 5.88 Å². The number of aliphatic hydroxyl groups excluding tert-OH is 1. The monoisotopic (exact) mass is 361 g/mol. The van der Waals surface area contributed by atoms with Crippen molar-refractivity contribution in [1.29, 1.82) is 0 Å². The summed E-state index contributed by atoms with van der Waals surface area (Å²) in [7, 11) is 0. The number of nitrogens with one attached hydrogen (secondary N) is 1. The number of hydrogen-bond acceptors (Lipinski definition) is 5. The van der Waals surface area contributed by atoms with Crippen molar-refractivity contribution < 1.29 is 14.6 Å². The van der Waals surface area contributed by atoms with Crippen molar-refractivity contribution in [1.82, 2.24) is 10.3 Å². The van der Waals surface area contributed by atoms with Gasteiger partial charge in [0.15, 0.2) is 0 Å². The molecule has 3 rings (SSSR count). The predicted octanol–water partition coefficient (Wildman–Crippen LogP) is 2.61. The fourth-order valence-electron chi connectivity index (χ4n) is 3.35. The molecule has 1 aliphatic heterocycles. The van der Waals surface area contributed by atoms with Crippen molar-refractivity contribution in [2.45, 2.75) is 52.0 Å². The molecule has 2 aliphatic rings. The summed E-state index contributed by atoms with van der Waals surface area (Å²) < 4.78 is 5.98. The molecule has 1 aromatic heterocycles. The van der Waals surface area contributed by atoms with Gasteiger partial charge in [-0.2, -0.15) is 0 Å². The van der Waals surface area contributed by atoms with Crippen LogP contribution in [0.25, 0.3) is 0 Å². The number of carbonyl (C=O) groups is 1. The third-order valence-electron chi connectivity index (χ3n) is 4.98. The molecule has 144 valence electrons. The predicted molar refractivity (Wildman–Crippen MR) is 102 cm³/mol. The van der Waals surface area contributed by atoms with Gasteiger partial charge in [0.05, 0.1) is 24.9 Å². The number of aromatic nitrogens is 1. The summed E-state index contributed by atoms with van der Waals surface area (Å²) in [4.78, 5) is 19.4. The number of pyridine rings is 1. The SMILES string of the molecule is CC(C)C[C@@H](CO)NC(=O)c1ccc(N2CCCC2)c(OCC2CC2)n1. The Hall–Kier alpha value is -1.82. The molecule has 2 heterocycles. The summed E-state index contributed by atoms with van der Waals surface area (Å²) in [5.41, 5.74) is 1.33. The zero-order valence-corrected chi connectivity index (χ0v) is 15.9. The number of nitrogens with zero attached hydrogens (tertiary/aromatic N) is 2. The first-order valence-electron chi connectivity index (χ1n) is 9.87. The number of hydrogen-bond donors (Lipinski definition) is 2. The Kier molecular flexibility index (Phi) is 6.35. The molecule has 0 radical (unpaired) electrons. The number of ether oxygens (including phenoxy) is 1. The summed E-state index contributed by atoms with van der Waals surface area (Å²) in [6.07, 6.45) is 5.52. The minimum Gasteiger partial charge on any atom is -0.476 e. The molecule has 6 nitrogen and oxygen atoms in total. The van der Waals surface area contributed by atoms with Crippen LogP contribution in [0.15, 0.2) is 12.1 Å². The lowest BCUT2D eigenvalue weighted by Crippen LogP contribution is -2.38. The smallest absolute Gasteiger partial charge is 0.270 e. The summed E-state index contributed by atoms with van der Waals surface area (Å²) in [6.45, 7) is 6.76. The Morgan fingerprint density at radius 2 is 2.08 bits per heavy atom. The van der Waals surface area contributed by atoms with Gasteiger partial charge in [-0.15, -0.1) is 0 Å². The zero-order chi connectivity index (χ0) is 18.5. The molecule has 0 spiro atoms. The maximum absolute atomic E-state index is 12.6. The van der Waals surface area contributed by atoms with Crippen molar-refractivity contribution in [2.75, 3.05) is 31.2 Å². The molecule has 1 aliphatic carbocycles. The van der Waals surface area contributed by atoms with E-state index in [1.807, 2.05) is 6.07 Å². The van der Waals surface area contributed by atoms with E-state index in [4.69, 9.17) is 4.74 Å². The molecule has 1 saturated heterocycles. The number of amides is 1. The third kappa shape index (κ3) is 5.10. The molecule has 1 saturated carbocycles. The standard InChI is InChI=1S/C20H31N3O3/c1-14(2)11-16(12-24)21-19(25)17-7-8-18(23-9-3-4-10-23)20(22-17)26-13-15-5-6-15/h7-8,14-16,24H,3-6,9-13H2,1-2H3,(H,21,25)/t16-/m0/s1. The lowest BCUT2D eigenvalue weighted by Gasteiger charge is -2.22. The van der Waals surface area contributed by atoms with Gasteiger partial charge in [-0.25, -0.2) is 4.98 Å². The van der Waals surface area contributed by atoms with E-state index in [0.717, 1.165) is 25.2 Å². The maximum Gasteiger partial charge on any atom is 0.270 e. The van der Waals surface area contributed by atoms with Crippen LogP contribution in [0, 0.1) is 11.8 Å². The van der Waals surface area contributed by atoms with Gasteiger partial charge in [-0.3, -0.25) is 4.79 Å². The van der Waals surface area contributed by atoms with Crippen molar-refractivity contribution in [3.63, 3.8) is 0 Å². The molecule has 1 amide bonds. The summed E-state index contributed by atoms with van der Waals surface area (Å²) in [5, 5.41) is 12.4. The molecule has 26 heavy (non-hydrogen) atoms. The van der Waals surface area contributed by atoms with Gasteiger partial charge < -0.3 is 20.1 Å². The van der Waals surface area contributed by atoms with E-state index < -0.39 is 0 Å². The molecule has 0 unspecified atom stereocenters. The Bertz CT molecular complexity index is 610. The molecular weight excluding hydrogens is 330 g/mol. The van der Waals surface area contributed by atoms with Crippen molar-refractivity contribution in [2.24, 2.45) is 11.8 Å². The van der Waals surface area contributed by atoms with Crippen LogP contribution in [0.2, 0.25) is 0 Å². The summed E-state index contributed by atoms with van der Waals surface area (Å²) >= 11 is 0. The fourth-order valence-corrected chi connectivity index (χ4v) is 3.35. The average molecular weight is 361 g/mol. The van der Waals surface area contributed by atoms with Crippen LogP contribution in [-0.2, 0) is 0 Å². The molecule has 0 bridgehead atoms. The summed E-state index contributed by atoms with van der Waals surface area (Å²) in [6, 6.07) is 3.46.